The zero-order valence-corrected chi connectivity index (χ0v) is 23.8. The Morgan fingerprint density at radius 3 is 1.95 bits per heavy atom. The van der Waals surface area contributed by atoms with Crippen LogP contribution in [0.15, 0.2) is 84.9 Å². The first kappa shape index (κ1) is 29.0. The van der Waals surface area contributed by atoms with Crippen molar-refractivity contribution in [2.24, 2.45) is 0 Å². The van der Waals surface area contributed by atoms with Crippen molar-refractivity contribution in [2.75, 3.05) is 12.4 Å². The lowest BCUT2D eigenvalue weighted by Gasteiger charge is -2.48. The van der Waals surface area contributed by atoms with Crippen molar-refractivity contribution in [2.45, 2.75) is 56.9 Å². The number of amides is 2. The number of carbonyl (C=O) groups is 3. The van der Waals surface area contributed by atoms with Crippen LogP contribution in [0.25, 0.3) is 0 Å². The number of hydrogen-bond donors (Lipinski definition) is 0. The molecule has 1 fully saturated rings. The van der Waals surface area contributed by atoms with E-state index in [9.17, 15) is 14.4 Å². The van der Waals surface area contributed by atoms with E-state index in [1.165, 1.54) is 23.6 Å². The minimum Gasteiger partial charge on any atom is -0.457 e. The van der Waals surface area contributed by atoms with E-state index >= 15 is 0 Å². The number of hydrogen-bond acceptors (Lipinski definition) is 8. The van der Waals surface area contributed by atoms with Gasteiger partial charge < -0.3 is 18.9 Å². The molecular formula is C32H33NO7S. The SMILES string of the molecule is CCS[C@@H]1O[C@H](COCc2ccccc2)[C@@H](OC(C)=O)[C@H](OCc2ccccc2)[C@H]1N1C(=O)c2ccccc2C1=O. The van der Waals surface area contributed by atoms with E-state index in [0.29, 0.717) is 23.5 Å². The molecule has 0 N–H and O–H groups in total. The monoisotopic (exact) mass is 575 g/mol. The van der Waals surface area contributed by atoms with Gasteiger partial charge in [0.15, 0.2) is 6.10 Å². The van der Waals surface area contributed by atoms with Crippen molar-refractivity contribution in [1.82, 2.24) is 4.90 Å². The number of imide groups is 1. The number of rotatable bonds is 11. The molecule has 2 aliphatic heterocycles. The van der Waals surface area contributed by atoms with Crippen LogP contribution in [-0.2, 0) is 37.0 Å². The zero-order valence-electron chi connectivity index (χ0n) is 23.0. The predicted octanol–water partition coefficient (Wildman–Crippen LogP) is 4.86. The van der Waals surface area contributed by atoms with Gasteiger partial charge >= 0.3 is 5.97 Å². The van der Waals surface area contributed by atoms with Gasteiger partial charge in [-0.2, -0.15) is 0 Å². The highest BCUT2D eigenvalue weighted by molar-refractivity contribution is 7.99. The molecular weight excluding hydrogens is 542 g/mol. The quantitative estimate of drug-likeness (QED) is 0.237. The summed E-state index contributed by atoms with van der Waals surface area (Å²) in [4.78, 5) is 41.0. The maximum absolute atomic E-state index is 13.7. The first-order valence-corrected chi connectivity index (χ1v) is 14.7. The zero-order chi connectivity index (χ0) is 28.8. The van der Waals surface area contributed by atoms with E-state index in [1.54, 1.807) is 24.3 Å². The molecule has 41 heavy (non-hydrogen) atoms. The highest BCUT2D eigenvalue weighted by Gasteiger charge is 2.55. The molecule has 5 rings (SSSR count). The Bertz CT molecular complexity index is 1320. The number of carbonyl (C=O) groups excluding carboxylic acids is 3. The van der Waals surface area contributed by atoms with Crippen molar-refractivity contribution in [3.05, 3.63) is 107 Å². The molecule has 1 saturated heterocycles. The highest BCUT2D eigenvalue weighted by atomic mass is 32.2. The summed E-state index contributed by atoms with van der Waals surface area (Å²) in [6.07, 6.45) is -2.50. The summed E-state index contributed by atoms with van der Waals surface area (Å²) in [5.74, 6) is -0.710. The fourth-order valence-electron chi connectivity index (χ4n) is 5.24. The first-order chi connectivity index (χ1) is 20.0. The maximum atomic E-state index is 13.7. The van der Waals surface area contributed by atoms with Crippen LogP contribution in [0.2, 0.25) is 0 Å². The second-order valence-electron chi connectivity index (χ2n) is 9.85. The highest BCUT2D eigenvalue weighted by Crippen LogP contribution is 2.39. The summed E-state index contributed by atoms with van der Waals surface area (Å²) < 4.78 is 24.9. The molecule has 0 bridgehead atoms. The molecule has 2 aliphatic rings. The van der Waals surface area contributed by atoms with Crippen LogP contribution >= 0.6 is 11.8 Å². The Morgan fingerprint density at radius 1 is 0.829 bits per heavy atom. The predicted molar refractivity (Wildman–Crippen MR) is 154 cm³/mol. The Kier molecular flexibility index (Phi) is 9.51. The van der Waals surface area contributed by atoms with Gasteiger partial charge in [0.25, 0.3) is 11.8 Å². The van der Waals surface area contributed by atoms with Crippen molar-refractivity contribution in [3.63, 3.8) is 0 Å². The minimum atomic E-state index is -0.935. The number of nitrogens with zero attached hydrogens (tertiary/aromatic N) is 1. The average molecular weight is 576 g/mol. The van der Waals surface area contributed by atoms with E-state index in [0.717, 1.165) is 11.1 Å². The van der Waals surface area contributed by atoms with Gasteiger partial charge in [-0.15, -0.1) is 11.8 Å². The molecule has 214 valence electrons. The summed E-state index contributed by atoms with van der Waals surface area (Å²) >= 11 is 1.47. The maximum Gasteiger partial charge on any atom is 0.303 e. The summed E-state index contributed by atoms with van der Waals surface area (Å²) in [6.45, 7) is 3.94. The number of fused-ring (bicyclic) bond motifs is 1. The third-order valence-electron chi connectivity index (χ3n) is 7.05. The van der Waals surface area contributed by atoms with Gasteiger partial charge in [-0.3, -0.25) is 19.3 Å². The molecule has 0 radical (unpaired) electrons. The molecule has 9 heteroatoms. The van der Waals surface area contributed by atoms with E-state index in [1.807, 2.05) is 67.6 Å². The molecule has 0 aliphatic carbocycles. The fourth-order valence-corrected chi connectivity index (χ4v) is 6.26. The second-order valence-corrected chi connectivity index (χ2v) is 11.2. The largest absolute Gasteiger partial charge is 0.457 e. The van der Waals surface area contributed by atoms with Crippen LogP contribution in [0.4, 0.5) is 0 Å². The minimum absolute atomic E-state index is 0.119. The summed E-state index contributed by atoms with van der Waals surface area (Å²) in [5, 5.41) is 0. The normalized spacial score (nSPS) is 23.9. The molecule has 8 nitrogen and oxygen atoms in total. The third-order valence-corrected chi connectivity index (χ3v) is 8.10. The van der Waals surface area contributed by atoms with Gasteiger partial charge in [-0.05, 0) is 29.0 Å². The van der Waals surface area contributed by atoms with Crippen LogP contribution in [0, 0.1) is 0 Å². The standard InChI is InChI=1S/C32H33NO7S/c1-3-41-32-27(33-30(35)24-16-10-11-17-25(24)31(33)36)29(38-19-23-14-8-5-9-15-23)28(39-21(2)34)26(40-32)20-37-18-22-12-6-4-7-13-22/h4-17,26-29,32H,3,18-20H2,1-2H3/t26-,27-,28-,29-,32+/m1/s1. The molecule has 0 spiro atoms. The third kappa shape index (κ3) is 6.54. The summed E-state index contributed by atoms with van der Waals surface area (Å²) in [7, 11) is 0. The van der Waals surface area contributed by atoms with Crippen LogP contribution in [-0.4, -0.2) is 64.8 Å². The topological polar surface area (TPSA) is 91.4 Å². The number of esters is 1. The molecule has 0 saturated carbocycles. The van der Waals surface area contributed by atoms with Gasteiger partial charge in [0.05, 0.1) is 30.9 Å². The molecule has 3 aromatic rings. The van der Waals surface area contributed by atoms with Gasteiger partial charge in [-0.1, -0.05) is 79.7 Å². The Hall–Kier alpha value is -3.50. The van der Waals surface area contributed by atoms with Crippen LogP contribution in [0.1, 0.15) is 45.7 Å². The molecule has 5 atom stereocenters. The molecule has 0 aromatic heterocycles. The van der Waals surface area contributed by atoms with E-state index in [2.05, 4.69) is 0 Å². The van der Waals surface area contributed by atoms with Crippen LogP contribution < -0.4 is 0 Å². The number of ether oxygens (including phenoxy) is 4. The van der Waals surface area contributed by atoms with Gasteiger partial charge in [0.1, 0.15) is 23.7 Å². The Balaban J connectivity index is 1.49. The molecule has 2 heterocycles. The molecule has 2 amide bonds. The van der Waals surface area contributed by atoms with Crippen molar-refractivity contribution in [3.8, 4) is 0 Å². The average Bonchev–Trinajstić information content (AvgIpc) is 3.23. The Morgan fingerprint density at radius 2 is 1.39 bits per heavy atom. The van der Waals surface area contributed by atoms with Crippen molar-refractivity contribution in [1.29, 1.82) is 0 Å². The fraction of sp³-hybridized carbons (Fsp3) is 0.344. The smallest absolute Gasteiger partial charge is 0.303 e. The van der Waals surface area contributed by atoms with Gasteiger partial charge in [0.2, 0.25) is 0 Å². The molecule has 0 unspecified atom stereocenters. The second kappa shape index (κ2) is 13.4. The van der Waals surface area contributed by atoms with Crippen LogP contribution in [0.5, 0.6) is 0 Å². The van der Waals surface area contributed by atoms with Crippen molar-refractivity contribution < 1.29 is 33.3 Å². The van der Waals surface area contributed by atoms with Crippen molar-refractivity contribution >= 4 is 29.5 Å². The van der Waals surface area contributed by atoms with E-state index in [4.69, 9.17) is 18.9 Å². The van der Waals surface area contributed by atoms with Crippen LogP contribution in [0.3, 0.4) is 0 Å². The van der Waals surface area contributed by atoms with E-state index < -0.39 is 47.6 Å². The lowest BCUT2D eigenvalue weighted by molar-refractivity contribution is -0.219. The number of benzene rings is 3. The first-order valence-electron chi connectivity index (χ1n) is 13.7. The number of thioether (sulfide) groups is 1. The van der Waals surface area contributed by atoms with E-state index in [-0.39, 0.29) is 13.2 Å². The molecule has 3 aromatic carbocycles. The lowest BCUT2D eigenvalue weighted by atomic mass is 9.95. The lowest BCUT2D eigenvalue weighted by Crippen LogP contribution is -2.66. The summed E-state index contributed by atoms with van der Waals surface area (Å²) in [5.41, 5.74) is 1.92. The Labute approximate surface area is 243 Å². The van der Waals surface area contributed by atoms with Gasteiger partial charge in [-0.25, -0.2) is 0 Å². The van der Waals surface area contributed by atoms with Gasteiger partial charge in [0, 0.05) is 6.92 Å². The summed E-state index contributed by atoms with van der Waals surface area (Å²) in [6, 6.07) is 25.2.